The number of allylic oxidation sites excluding steroid dienone is 1. The second kappa shape index (κ2) is 2.89. The Morgan fingerprint density at radius 3 is 2.67 bits per heavy atom. The molecule has 0 aromatic rings. The molecule has 0 saturated carbocycles. The highest BCUT2D eigenvalue weighted by molar-refractivity contribution is 6.42. The van der Waals surface area contributed by atoms with E-state index < -0.39 is 13.1 Å². The first kappa shape index (κ1) is 6.64. The molecule has 0 aromatic heterocycles. The van der Waals surface area contributed by atoms with Gasteiger partial charge in [-0.15, -0.1) is 0 Å². The molecular formula is C5H9BO3. The van der Waals surface area contributed by atoms with Gasteiger partial charge in [-0.05, 0) is 18.9 Å². The molecule has 0 bridgehead atoms. The van der Waals surface area contributed by atoms with Crippen molar-refractivity contribution >= 4 is 7.12 Å². The molecule has 1 aliphatic rings. The Morgan fingerprint density at radius 1 is 1.56 bits per heavy atom. The van der Waals surface area contributed by atoms with Crippen molar-refractivity contribution in [3.8, 4) is 0 Å². The van der Waals surface area contributed by atoms with E-state index in [1.165, 1.54) is 6.26 Å². The predicted octanol–water partition coefficient (Wildman–Crippen LogP) is -0.309. The normalized spacial score (nSPS) is 25.3. The van der Waals surface area contributed by atoms with E-state index in [0.717, 1.165) is 6.42 Å². The van der Waals surface area contributed by atoms with Crippen LogP contribution in [-0.4, -0.2) is 23.2 Å². The first-order valence-electron chi connectivity index (χ1n) is 2.97. The Labute approximate surface area is 54.1 Å². The van der Waals surface area contributed by atoms with Gasteiger partial charge in [0.2, 0.25) is 0 Å². The number of rotatable bonds is 1. The zero-order valence-electron chi connectivity index (χ0n) is 5.03. The van der Waals surface area contributed by atoms with Crippen molar-refractivity contribution < 1.29 is 14.8 Å². The van der Waals surface area contributed by atoms with Crippen LogP contribution in [0.1, 0.15) is 12.8 Å². The van der Waals surface area contributed by atoms with Gasteiger partial charge in [0.15, 0.2) is 0 Å². The average molecular weight is 128 g/mol. The summed E-state index contributed by atoms with van der Waals surface area (Å²) in [6.45, 7) is 0. The monoisotopic (exact) mass is 128 g/mol. The third-order valence-corrected chi connectivity index (χ3v) is 1.30. The van der Waals surface area contributed by atoms with E-state index in [-0.39, 0.29) is 0 Å². The van der Waals surface area contributed by atoms with E-state index in [1.807, 2.05) is 6.08 Å². The van der Waals surface area contributed by atoms with Gasteiger partial charge in [-0.2, -0.15) is 0 Å². The van der Waals surface area contributed by atoms with Crippen molar-refractivity contribution in [2.45, 2.75) is 18.8 Å². The van der Waals surface area contributed by atoms with Crippen LogP contribution in [0.2, 0.25) is 0 Å². The van der Waals surface area contributed by atoms with Gasteiger partial charge in [-0.1, -0.05) is 0 Å². The summed E-state index contributed by atoms with van der Waals surface area (Å²) in [5, 5.41) is 17.1. The van der Waals surface area contributed by atoms with Crippen molar-refractivity contribution in [3.63, 3.8) is 0 Å². The summed E-state index contributed by atoms with van der Waals surface area (Å²) in [5.74, 6) is 0. The fourth-order valence-electron chi connectivity index (χ4n) is 0.772. The zero-order valence-corrected chi connectivity index (χ0v) is 5.03. The first-order valence-corrected chi connectivity index (χ1v) is 2.97. The molecule has 0 aromatic carbocycles. The molecule has 0 fully saturated rings. The summed E-state index contributed by atoms with van der Waals surface area (Å²) in [4.78, 5) is 0. The molecule has 0 spiro atoms. The SMILES string of the molecule is OB(O)C1CCC=CO1. The predicted molar refractivity (Wildman–Crippen MR) is 33.4 cm³/mol. The van der Waals surface area contributed by atoms with Crippen LogP contribution in [0.3, 0.4) is 0 Å². The summed E-state index contributed by atoms with van der Waals surface area (Å²) in [7, 11) is -1.34. The summed E-state index contributed by atoms with van der Waals surface area (Å²) in [5.41, 5.74) is 0. The van der Waals surface area contributed by atoms with Gasteiger partial charge in [-0.25, -0.2) is 0 Å². The topological polar surface area (TPSA) is 49.7 Å². The molecule has 0 radical (unpaired) electrons. The maximum absolute atomic E-state index is 8.57. The second-order valence-corrected chi connectivity index (χ2v) is 2.04. The second-order valence-electron chi connectivity index (χ2n) is 2.04. The van der Waals surface area contributed by atoms with Crippen LogP contribution in [0.5, 0.6) is 0 Å². The maximum Gasteiger partial charge on any atom is 0.495 e. The first-order chi connectivity index (χ1) is 4.30. The van der Waals surface area contributed by atoms with Crippen molar-refractivity contribution in [2.24, 2.45) is 0 Å². The van der Waals surface area contributed by atoms with Crippen LogP contribution in [0.15, 0.2) is 12.3 Å². The van der Waals surface area contributed by atoms with E-state index in [1.54, 1.807) is 0 Å². The fourth-order valence-corrected chi connectivity index (χ4v) is 0.772. The Balaban J connectivity index is 2.35. The van der Waals surface area contributed by atoms with Crippen molar-refractivity contribution in [2.75, 3.05) is 0 Å². The third kappa shape index (κ3) is 1.73. The van der Waals surface area contributed by atoms with E-state index in [0.29, 0.717) is 6.42 Å². The van der Waals surface area contributed by atoms with E-state index in [2.05, 4.69) is 0 Å². The minimum absolute atomic E-state index is 0.421. The van der Waals surface area contributed by atoms with E-state index >= 15 is 0 Å². The number of hydrogen-bond donors (Lipinski definition) is 2. The van der Waals surface area contributed by atoms with Crippen molar-refractivity contribution in [1.29, 1.82) is 0 Å². The Morgan fingerprint density at radius 2 is 2.33 bits per heavy atom. The number of ether oxygens (including phenoxy) is 1. The summed E-state index contributed by atoms with van der Waals surface area (Å²) in [6, 6.07) is -0.421. The lowest BCUT2D eigenvalue weighted by molar-refractivity contribution is 0.151. The minimum Gasteiger partial charge on any atom is -0.501 e. The highest BCUT2D eigenvalue weighted by Gasteiger charge is 2.24. The van der Waals surface area contributed by atoms with Crippen LogP contribution in [0, 0.1) is 0 Å². The van der Waals surface area contributed by atoms with Crippen LogP contribution in [0.4, 0.5) is 0 Å². The summed E-state index contributed by atoms with van der Waals surface area (Å²) in [6.07, 6.45) is 4.92. The fraction of sp³-hybridized carbons (Fsp3) is 0.600. The summed E-state index contributed by atoms with van der Waals surface area (Å²) < 4.78 is 4.86. The lowest BCUT2D eigenvalue weighted by Gasteiger charge is -2.17. The molecule has 1 heterocycles. The van der Waals surface area contributed by atoms with Gasteiger partial charge in [-0.3, -0.25) is 0 Å². The number of hydrogen-bond acceptors (Lipinski definition) is 3. The van der Waals surface area contributed by atoms with E-state index in [4.69, 9.17) is 14.8 Å². The maximum atomic E-state index is 8.57. The van der Waals surface area contributed by atoms with Crippen LogP contribution >= 0.6 is 0 Å². The standard InChI is InChI=1S/C5H9BO3/c7-6(8)5-3-1-2-4-9-5/h2,4-5,7-8H,1,3H2. The summed E-state index contributed by atoms with van der Waals surface area (Å²) >= 11 is 0. The van der Waals surface area contributed by atoms with Crippen LogP contribution < -0.4 is 0 Å². The quantitative estimate of drug-likeness (QED) is 0.476. The Hall–Kier alpha value is -0.475. The molecule has 1 unspecified atom stereocenters. The average Bonchev–Trinajstić information content (AvgIpc) is 1.90. The molecule has 0 aliphatic carbocycles. The van der Waals surface area contributed by atoms with Crippen molar-refractivity contribution in [3.05, 3.63) is 12.3 Å². The minimum atomic E-state index is -1.34. The molecule has 1 aliphatic heterocycles. The molecule has 1 atom stereocenters. The zero-order chi connectivity index (χ0) is 6.69. The van der Waals surface area contributed by atoms with Gasteiger partial charge >= 0.3 is 7.12 Å². The van der Waals surface area contributed by atoms with Gasteiger partial charge in [0, 0.05) is 0 Å². The Kier molecular flexibility index (Phi) is 2.13. The van der Waals surface area contributed by atoms with E-state index in [9.17, 15) is 0 Å². The lowest BCUT2D eigenvalue weighted by atomic mass is 9.79. The Bertz CT molecular complexity index is 113. The van der Waals surface area contributed by atoms with Crippen LogP contribution in [-0.2, 0) is 4.74 Å². The molecule has 0 amide bonds. The smallest absolute Gasteiger partial charge is 0.495 e. The van der Waals surface area contributed by atoms with Gasteiger partial charge in [0.1, 0.15) is 6.00 Å². The van der Waals surface area contributed by atoms with Crippen LogP contribution in [0.25, 0.3) is 0 Å². The molecule has 50 valence electrons. The molecule has 2 N–H and O–H groups in total. The molecule has 3 nitrogen and oxygen atoms in total. The van der Waals surface area contributed by atoms with Gasteiger partial charge < -0.3 is 14.8 Å². The molecule has 0 saturated heterocycles. The van der Waals surface area contributed by atoms with Gasteiger partial charge in [0.05, 0.1) is 6.26 Å². The van der Waals surface area contributed by atoms with Gasteiger partial charge in [0.25, 0.3) is 0 Å². The molecule has 4 heteroatoms. The largest absolute Gasteiger partial charge is 0.501 e. The van der Waals surface area contributed by atoms with Crippen molar-refractivity contribution in [1.82, 2.24) is 0 Å². The third-order valence-electron chi connectivity index (χ3n) is 1.30. The highest BCUT2D eigenvalue weighted by atomic mass is 16.5. The molecule has 1 rings (SSSR count). The molecular weight excluding hydrogens is 119 g/mol. The highest BCUT2D eigenvalue weighted by Crippen LogP contribution is 2.10. The molecule has 9 heavy (non-hydrogen) atoms. The lowest BCUT2D eigenvalue weighted by Crippen LogP contribution is -2.33.